The van der Waals surface area contributed by atoms with Gasteiger partial charge in [0.05, 0.1) is 11.8 Å². The third kappa shape index (κ3) is 2.86. The number of nitrogens with zero attached hydrogens (tertiary/aromatic N) is 2. The van der Waals surface area contributed by atoms with E-state index in [1.165, 1.54) is 18.7 Å². The van der Waals surface area contributed by atoms with Gasteiger partial charge in [-0.3, -0.25) is 9.59 Å². The first-order valence-corrected chi connectivity index (χ1v) is 6.53. The van der Waals surface area contributed by atoms with Crippen LogP contribution in [0, 0.1) is 0 Å². The Hall–Kier alpha value is -2.82. The van der Waals surface area contributed by atoms with Gasteiger partial charge in [-0.2, -0.15) is 0 Å². The van der Waals surface area contributed by atoms with Crippen molar-refractivity contribution in [3.05, 3.63) is 60.4 Å². The van der Waals surface area contributed by atoms with E-state index in [4.69, 9.17) is 4.42 Å². The van der Waals surface area contributed by atoms with E-state index in [2.05, 4.69) is 9.97 Å². The lowest BCUT2D eigenvalue weighted by molar-refractivity contribution is 0.0917. The minimum absolute atomic E-state index is 0.0664. The number of ketones is 2. The first-order valence-electron chi connectivity index (χ1n) is 6.53. The van der Waals surface area contributed by atoms with E-state index in [1.54, 1.807) is 30.5 Å². The van der Waals surface area contributed by atoms with Crippen LogP contribution in [0.4, 0.5) is 0 Å². The van der Waals surface area contributed by atoms with Crippen LogP contribution in [0.25, 0.3) is 11.0 Å². The van der Waals surface area contributed by atoms with Gasteiger partial charge in [-0.15, -0.1) is 0 Å². The molecule has 0 saturated carbocycles. The predicted octanol–water partition coefficient (Wildman–Crippen LogP) is 3.07. The molecule has 2 heterocycles. The van der Waals surface area contributed by atoms with Crippen LogP contribution in [0.5, 0.6) is 0 Å². The van der Waals surface area contributed by atoms with Crippen molar-refractivity contribution < 1.29 is 14.0 Å². The van der Waals surface area contributed by atoms with Gasteiger partial charge < -0.3 is 4.42 Å². The summed E-state index contributed by atoms with van der Waals surface area (Å²) >= 11 is 0. The van der Waals surface area contributed by atoms with E-state index in [0.717, 1.165) is 11.0 Å². The zero-order valence-electron chi connectivity index (χ0n) is 11.2. The topological polar surface area (TPSA) is 73.1 Å². The molecule has 0 bridgehead atoms. The number of benzene rings is 1. The van der Waals surface area contributed by atoms with Crippen LogP contribution >= 0.6 is 0 Å². The molecule has 0 aliphatic carbocycles. The molecule has 3 aromatic rings. The molecule has 0 N–H and O–H groups in total. The Morgan fingerprint density at radius 3 is 2.43 bits per heavy atom. The molecule has 5 nitrogen and oxygen atoms in total. The van der Waals surface area contributed by atoms with Crippen molar-refractivity contribution in [2.45, 2.75) is 12.8 Å². The van der Waals surface area contributed by atoms with Crippen LogP contribution in [0.15, 0.2) is 53.7 Å². The van der Waals surface area contributed by atoms with Crippen LogP contribution < -0.4 is 0 Å². The monoisotopic (exact) mass is 280 g/mol. The van der Waals surface area contributed by atoms with Crippen molar-refractivity contribution in [2.75, 3.05) is 0 Å². The Morgan fingerprint density at radius 2 is 1.67 bits per heavy atom. The van der Waals surface area contributed by atoms with Gasteiger partial charge in [0.1, 0.15) is 11.9 Å². The maximum Gasteiger partial charge on any atom is 0.166 e. The second-order valence-corrected chi connectivity index (χ2v) is 4.65. The van der Waals surface area contributed by atoms with Gasteiger partial charge in [-0.05, 0) is 24.3 Å². The molecule has 5 heteroatoms. The van der Waals surface area contributed by atoms with Gasteiger partial charge >= 0.3 is 0 Å². The van der Waals surface area contributed by atoms with Crippen molar-refractivity contribution >= 4 is 22.5 Å². The first kappa shape index (κ1) is 13.2. The highest BCUT2D eigenvalue weighted by atomic mass is 16.3. The summed E-state index contributed by atoms with van der Waals surface area (Å²) in [6.07, 6.45) is 6.17. The van der Waals surface area contributed by atoms with Gasteiger partial charge in [0.25, 0.3) is 0 Å². The summed E-state index contributed by atoms with van der Waals surface area (Å²) in [6, 6.07) is 7.05. The maximum atomic E-state index is 12.1. The highest BCUT2D eigenvalue weighted by Gasteiger charge is 2.12. The third-order valence-corrected chi connectivity index (χ3v) is 3.24. The molecule has 0 atom stereocenters. The summed E-state index contributed by atoms with van der Waals surface area (Å²) in [4.78, 5) is 31.6. The summed E-state index contributed by atoms with van der Waals surface area (Å²) in [7, 11) is 0. The fraction of sp³-hybridized carbons (Fsp3) is 0.125. The van der Waals surface area contributed by atoms with E-state index in [-0.39, 0.29) is 24.4 Å². The lowest BCUT2D eigenvalue weighted by Crippen LogP contribution is -2.05. The van der Waals surface area contributed by atoms with Crippen molar-refractivity contribution in [1.29, 1.82) is 0 Å². The van der Waals surface area contributed by atoms with Crippen molar-refractivity contribution in [3.8, 4) is 0 Å². The van der Waals surface area contributed by atoms with Crippen LogP contribution in [-0.2, 0) is 0 Å². The van der Waals surface area contributed by atoms with Crippen LogP contribution in [-0.4, -0.2) is 21.5 Å². The number of furan rings is 1. The number of aromatic nitrogens is 2. The van der Waals surface area contributed by atoms with Gasteiger partial charge in [0.2, 0.25) is 0 Å². The lowest BCUT2D eigenvalue weighted by Gasteiger charge is -2.01. The van der Waals surface area contributed by atoms with Crippen molar-refractivity contribution in [1.82, 2.24) is 9.97 Å². The second-order valence-electron chi connectivity index (χ2n) is 4.65. The average Bonchev–Trinajstić information content (AvgIpc) is 3.00. The fourth-order valence-electron chi connectivity index (χ4n) is 2.10. The Kier molecular flexibility index (Phi) is 3.55. The second kappa shape index (κ2) is 5.66. The third-order valence-electron chi connectivity index (χ3n) is 3.24. The highest BCUT2D eigenvalue weighted by Crippen LogP contribution is 2.18. The molecule has 2 aromatic heterocycles. The van der Waals surface area contributed by atoms with Gasteiger partial charge in [0.15, 0.2) is 11.6 Å². The van der Waals surface area contributed by atoms with Crippen LogP contribution in [0.1, 0.15) is 33.6 Å². The molecule has 0 amide bonds. The molecule has 0 spiro atoms. The zero-order valence-corrected chi connectivity index (χ0v) is 11.2. The largest absolute Gasteiger partial charge is 0.464 e. The number of rotatable bonds is 5. The molecule has 3 rings (SSSR count). The summed E-state index contributed by atoms with van der Waals surface area (Å²) in [6.45, 7) is 0. The zero-order chi connectivity index (χ0) is 14.7. The summed E-state index contributed by atoms with van der Waals surface area (Å²) in [5.41, 5.74) is 1.75. The number of Topliss-reactive ketones (excluding diaryl/α,β-unsaturated/α-hetero) is 2. The van der Waals surface area contributed by atoms with E-state index in [9.17, 15) is 9.59 Å². The predicted molar refractivity (Wildman–Crippen MR) is 76.1 cm³/mol. The minimum Gasteiger partial charge on any atom is -0.464 e. The standard InChI is InChI=1S/C16H12N2O3/c19-14(2-3-15(20)13-8-17-10-18-9-13)11-1-4-16-12(7-11)5-6-21-16/h1,4-10H,2-3H2. The van der Waals surface area contributed by atoms with Gasteiger partial charge in [0, 0.05) is 36.2 Å². The summed E-state index contributed by atoms with van der Waals surface area (Å²) in [5, 5.41) is 0.878. The molecule has 0 saturated heterocycles. The highest BCUT2D eigenvalue weighted by molar-refractivity contribution is 6.03. The number of carbonyl (C=O) groups is 2. The number of hydrogen-bond acceptors (Lipinski definition) is 5. The Labute approximate surface area is 120 Å². The van der Waals surface area contributed by atoms with Gasteiger partial charge in [-0.1, -0.05) is 0 Å². The SMILES string of the molecule is O=C(CCC(=O)c1ccc2occc2c1)c1cncnc1. The summed E-state index contributed by atoms with van der Waals surface area (Å²) < 4.78 is 5.23. The molecule has 1 aromatic carbocycles. The molecule has 0 aliphatic rings. The minimum atomic E-state index is -0.131. The normalized spacial score (nSPS) is 10.7. The molecule has 0 radical (unpaired) electrons. The van der Waals surface area contributed by atoms with Crippen molar-refractivity contribution in [2.24, 2.45) is 0 Å². The molecule has 0 fully saturated rings. The Bertz CT molecular complexity index is 793. The Morgan fingerprint density at radius 1 is 0.952 bits per heavy atom. The fourth-order valence-corrected chi connectivity index (χ4v) is 2.10. The smallest absolute Gasteiger partial charge is 0.166 e. The van der Waals surface area contributed by atoms with Crippen LogP contribution in [0.3, 0.4) is 0 Å². The number of fused-ring (bicyclic) bond motifs is 1. The van der Waals surface area contributed by atoms with Gasteiger partial charge in [-0.25, -0.2) is 9.97 Å². The molecule has 0 aliphatic heterocycles. The Balaban J connectivity index is 1.67. The van der Waals surface area contributed by atoms with E-state index in [1.807, 2.05) is 0 Å². The first-order chi connectivity index (χ1) is 10.2. The average molecular weight is 280 g/mol. The van der Waals surface area contributed by atoms with Crippen LogP contribution in [0.2, 0.25) is 0 Å². The maximum absolute atomic E-state index is 12.1. The molecule has 0 unspecified atom stereocenters. The quantitative estimate of drug-likeness (QED) is 0.671. The lowest BCUT2D eigenvalue weighted by atomic mass is 10.0. The van der Waals surface area contributed by atoms with E-state index >= 15 is 0 Å². The van der Waals surface area contributed by atoms with E-state index < -0.39 is 0 Å². The molecular formula is C16H12N2O3. The van der Waals surface area contributed by atoms with E-state index in [0.29, 0.717) is 11.1 Å². The van der Waals surface area contributed by atoms with Crippen molar-refractivity contribution in [3.63, 3.8) is 0 Å². The molecular weight excluding hydrogens is 268 g/mol. The summed E-state index contributed by atoms with van der Waals surface area (Å²) in [5.74, 6) is -0.198. The number of carbonyl (C=O) groups excluding carboxylic acids is 2. The molecule has 21 heavy (non-hydrogen) atoms. The number of hydrogen-bond donors (Lipinski definition) is 0. The molecule has 104 valence electrons.